The highest BCUT2D eigenvalue weighted by Crippen LogP contribution is 2.55. The van der Waals surface area contributed by atoms with Crippen LogP contribution < -0.4 is 26.2 Å². The first kappa shape index (κ1) is 59.7. The summed E-state index contributed by atoms with van der Waals surface area (Å²) in [6, 6.07) is 82.4. The van der Waals surface area contributed by atoms with E-state index < -0.39 is 48.4 Å². The minimum atomic E-state index is -0.636. The molecule has 0 N–H and O–H groups in total. The van der Waals surface area contributed by atoms with Crippen molar-refractivity contribution >= 4 is 101 Å². The van der Waals surface area contributed by atoms with Gasteiger partial charge in [0, 0.05) is 66.8 Å². The zero-order chi connectivity index (χ0) is 85.7. The second-order valence-electron chi connectivity index (χ2n) is 35.4. The molecule has 111 heavy (non-hydrogen) atoms. The predicted octanol–water partition coefficient (Wildman–Crippen LogP) is 26.7. The van der Waals surface area contributed by atoms with Crippen LogP contribution in [0.5, 0.6) is 0 Å². The van der Waals surface area contributed by atoms with Crippen LogP contribution in [-0.2, 0) is 27.1 Å². The Balaban J connectivity index is 1.05. The number of nitriles is 1. The van der Waals surface area contributed by atoms with Crippen molar-refractivity contribution in [1.29, 1.82) is 5.26 Å². The quantitative estimate of drug-likeness (QED) is 0.135. The Hall–Kier alpha value is -12.2. The molecule has 16 aromatic rings. The summed E-state index contributed by atoms with van der Waals surface area (Å²) < 4.78 is 97.3. The van der Waals surface area contributed by atoms with Gasteiger partial charge in [0.1, 0.15) is 6.07 Å². The molecule has 14 aromatic carbocycles. The Morgan fingerprint density at radius 1 is 0.297 bits per heavy atom. The molecule has 0 bridgehead atoms. The molecule has 0 radical (unpaired) electrons. The Morgan fingerprint density at radius 2 is 0.721 bits per heavy atom. The average Bonchev–Trinajstić information content (AvgIpc) is 0.818. The number of aromatic nitrogens is 2. The van der Waals surface area contributed by atoms with Crippen LogP contribution in [0.4, 0.5) is 34.1 Å². The number of rotatable bonds is 9. The van der Waals surface area contributed by atoms with Crippen LogP contribution in [0.3, 0.4) is 0 Å². The summed E-state index contributed by atoms with van der Waals surface area (Å²) in [6.45, 7) is 33.0. The van der Waals surface area contributed by atoms with Crippen LogP contribution >= 0.6 is 0 Å². The fourth-order valence-corrected chi connectivity index (χ4v) is 17.0. The molecular formula is C105H94BN5. The van der Waals surface area contributed by atoms with Crippen LogP contribution in [0.15, 0.2) is 297 Å². The van der Waals surface area contributed by atoms with Gasteiger partial charge < -0.3 is 18.9 Å². The van der Waals surface area contributed by atoms with Crippen molar-refractivity contribution in [3.8, 4) is 73.1 Å². The average molecular weight is 1450 g/mol. The molecule has 0 unspecified atom stereocenters. The summed E-state index contributed by atoms with van der Waals surface area (Å²) in [5.41, 5.74) is 23.0. The molecule has 542 valence electrons. The Bertz CT molecular complexity index is 6940. The van der Waals surface area contributed by atoms with Crippen molar-refractivity contribution in [3.63, 3.8) is 0 Å². The van der Waals surface area contributed by atoms with E-state index in [1.807, 2.05) is 54.6 Å². The number of hydrogen-bond acceptors (Lipinski definition) is 3. The molecule has 4 heterocycles. The van der Waals surface area contributed by atoms with Crippen molar-refractivity contribution in [1.82, 2.24) is 9.13 Å². The number of nitrogens with zero attached hydrogens (tertiary/aromatic N) is 5. The van der Waals surface area contributed by atoms with E-state index in [4.69, 9.17) is 5.48 Å². The molecule has 0 aliphatic carbocycles. The molecule has 0 saturated carbocycles. The van der Waals surface area contributed by atoms with E-state index in [0.717, 1.165) is 133 Å². The molecule has 0 saturated heterocycles. The summed E-state index contributed by atoms with van der Waals surface area (Å²) in [4.78, 5) is 4.68. The molecule has 2 aromatic heterocycles. The highest BCUT2D eigenvalue weighted by molar-refractivity contribution is 7.00. The second-order valence-corrected chi connectivity index (χ2v) is 35.4. The molecular weight excluding hydrogens is 1340 g/mol. The van der Waals surface area contributed by atoms with Crippen LogP contribution in [0.2, 0.25) is 0 Å². The smallest absolute Gasteiger partial charge is 0.252 e. The maximum Gasteiger partial charge on any atom is 0.252 e. The fourth-order valence-electron chi connectivity index (χ4n) is 17.0. The first-order valence-corrected chi connectivity index (χ1v) is 38.6. The van der Waals surface area contributed by atoms with Gasteiger partial charge in [0.2, 0.25) is 0 Å². The molecule has 0 atom stereocenters. The molecule has 2 aliphatic rings. The molecule has 0 amide bonds. The Kier molecular flexibility index (Phi) is 14.0. The number of para-hydroxylation sites is 2. The summed E-state index contributed by atoms with van der Waals surface area (Å²) in [6.07, 6.45) is 0. The lowest BCUT2D eigenvalue weighted by atomic mass is 9.33. The van der Waals surface area contributed by atoms with Gasteiger partial charge in [0.05, 0.1) is 52.7 Å². The van der Waals surface area contributed by atoms with Crippen molar-refractivity contribution in [2.24, 2.45) is 0 Å². The Labute approximate surface area is 669 Å². The lowest BCUT2D eigenvalue weighted by molar-refractivity contribution is 0.569. The van der Waals surface area contributed by atoms with Gasteiger partial charge in [-0.05, 0) is 219 Å². The van der Waals surface area contributed by atoms with E-state index in [1.165, 1.54) is 11.1 Å². The van der Waals surface area contributed by atoms with Gasteiger partial charge in [-0.3, -0.25) is 0 Å². The van der Waals surface area contributed by atoms with E-state index in [9.17, 15) is 13.5 Å². The minimum absolute atomic E-state index is 0.0306. The molecule has 18 rings (SSSR count). The number of fused-ring (bicyclic) bond motifs is 10. The summed E-state index contributed by atoms with van der Waals surface area (Å²) in [5.74, 6) is 0. The summed E-state index contributed by atoms with van der Waals surface area (Å²) in [7, 11) is 0. The van der Waals surface area contributed by atoms with E-state index in [0.29, 0.717) is 39.3 Å². The molecule has 0 fully saturated rings. The molecule has 0 spiro atoms. The fraction of sp³-hybridized carbons (Fsp3) is 0.190. The van der Waals surface area contributed by atoms with Crippen LogP contribution in [-0.4, -0.2) is 15.8 Å². The van der Waals surface area contributed by atoms with Gasteiger partial charge in [-0.15, -0.1) is 0 Å². The van der Waals surface area contributed by atoms with E-state index >= 15 is 0 Å². The maximum atomic E-state index is 12.3. The van der Waals surface area contributed by atoms with Crippen LogP contribution in [0, 0.1) is 11.3 Å². The predicted molar refractivity (Wildman–Crippen MR) is 475 cm³/mol. The number of anilines is 6. The lowest BCUT2D eigenvalue weighted by Gasteiger charge is -2.46. The molecule has 2 aliphatic heterocycles. The van der Waals surface area contributed by atoms with Gasteiger partial charge in [0.25, 0.3) is 6.71 Å². The number of hydrogen-bond donors (Lipinski definition) is 0. The zero-order valence-corrected chi connectivity index (χ0v) is 65.8. The monoisotopic (exact) mass is 1450 g/mol. The van der Waals surface area contributed by atoms with Crippen LogP contribution in [0.25, 0.3) is 111 Å². The van der Waals surface area contributed by atoms with Crippen LogP contribution in [0.1, 0.15) is 151 Å². The van der Waals surface area contributed by atoms with Gasteiger partial charge >= 0.3 is 0 Å². The highest BCUT2D eigenvalue weighted by Gasteiger charge is 2.46. The zero-order valence-electron chi connectivity index (χ0n) is 75.8. The normalized spacial score (nSPS) is 14.4. The first-order valence-electron chi connectivity index (χ1n) is 43.6. The minimum Gasteiger partial charge on any atom is -0.310 e. The lowest BCUT2D eigenvalue weighted by Crippen LogP contribution is -2.61. The third kappa shape index (κ3) is 12.1. The van der Waals surface area contributed by atoms with Gasteiger partial charge in [-0.25, -0.2) is 0 Å². The van der Waals surface area contributed by atoms with E-state index in [1.54, 1.807) is 6.07 Å². The van der Waals surface area contributed by atoms with Gasteiger partial charge in [-0.1, -0.05) is 298 Å². The number of benzene rings is 14. The van der Waals surface area contributed by atoms with Crippen molar-refractivity contribution < 1.29 is 13.7 Å². The van der Waals surface area contributed by atoms with Crippen molar-refractivity contribution in [2.45, 2.75) is 131 Å². The summed E-state index contributed by atoms with van der Waals surface area (Å²) >= 11 is 0. The maximum absolute atomic E-state index is 12.3. The standard InChI is InChI=1S/C105H94BN5/c1-101(2,3)75-44-50-92-86(59-75)87-60-76(102(4,5)6)45-51-93(87)109(92)81-47-49-89-96(64-81)110(94-63-80(46-42-72(94)65-107)108-90-40-27-25-38-82(90)83-39-26-28-41-91(83)108)97-56-74(73-53-77(103(7,8)9)58-78(54-73)104(10,11)12)57-98-99(97)106(89)88-48-43-70(67-32-21-17-22-33-67)55-95(88)111(98)100-84(68-34-23-18-24-35-68)61-79(105(13,14)15)62-85(100)71-37-29-36-69(52-71)66-30-19-16-20-31-66/h16-64H,1-15H3/i16D,17D,19D,20D,21D,22D,30D,31D,32D,33D. The van der Waals surface area contributed by atoms with Crippen molar-refractivity contribution in [3.05, 3.63) is 330 Å². The Morgan fingerprint density at radius 3 is 1.26 bits per heavy atom. The summed E-state index contributed by atoms with van der Waals surface area (Å²) in [5, 5.41) is 16.7. The van der Waals surface area contributed by atoms with E-state index in [-0.39, 0.29) is 57.0 Å². The SMILES string of the molecule is [2H]c1c([2H])c([2H])c(-c2cccc(-c3cc(C(C)(C)C)cc(-c4ccccc4)c3N3c4cc(-c5c([2H])c([2H])c([2H])c([2H])c5[2H])ccc4B4c5ccc(-n6c7ccc(C(C)(C)C)cc7c7cc(C(C)(C)C)ccc76)cc5N(c5cc(-n6c7ccccc7c7ccccc76)ccc5C#N)c5cc(-c6cc(C(C)(C)C)cc(C(C)(C)C)c6)cc3c54)c2)c([2H])c1[2H]. The van der Waals surface area contributed by atoms with Gasteiger partial charge in [0.15, 0.2) is 0 Å². The third-order valence-electron chi connectivity index (χ3n) is 23.0. The largest absolute Gasteiger partial charge is 0.310 e. The topological polar surface area (TPSA) is 40.1 Å². The molecule has 5 nitrogen and oxygen atoms in total. The molecule has 6 heteroatoms. The third-order valence-corrected chi connectivity index (χ3v) is 23.0. The van der Waals surface area contributed by atoms with Gasteiger partial charge in [-0.2, -0.15) is 5.26 Å². The second kappa shape index (κ2) is 26.0. The van der Waals surface area contributed by atoms with Crippen molar-refractivity contribution in [2.75, 3.05) is 9.80 Å². The highest BCUT2D eigenvalue weighted by atomic mass is 15.2. The first-order chi connectivity index (χ1) is 57.3. The van der Waals surface area contributed by atoms with E-state index in [2.05, 4.69) is 305 Å².